The number of hydrogen-bond donors (Lipinski definition) is 2. The molecule has 0 unspecified atom stereocenters. The second-order valence-corrected chi connectivity index (χ2v) is 12.5. The normalized spacial score (nSPS) is 32.6. The van der Waals surface area contributed by atoms with Crippen molar-refractivity contribution in [3.8, 4) is 5.75 Å². The van der Waals surface area contributed by atoms with E-state index in [-0.39, 0.29) is 10.3 Å². The number of rotatable bonds is 5. The second-order valence-electron chi connectivity index (χ2n) is 11.1. The highest BCUT2D eigenvalue weighted by molar-refractivity contribution is 7.85. The summed E-state index contributed by atoms with van der Waals surface area (Å²) in [6, 6.07) is 11.5. The molecule has 5 atom stereocenters. The molecular formula is C28H36O5S. The van der Waals surface area contributed by atoms with Gasteiger partial charge >= 0.3 is 0 Å². The van der Waals surface area contributed by atoms with E-state index in [0.717, 1.165) is 49.8 Å². The van der Waals surface area contributed by atoms with E-state index in [9.17, 15) is 18.1 Å². The molecule has 3 aliphatic carbocycles. The lowest BCUT2D eigenvalue weighted by Gasteiger charge is -2.53. The van der Waals surface area contributed by atoms with Crippen LogP contribution in [0.1, 0.15) is 73.6 Å². The molecular weight excluding hydrogens is 448 g/mol. The van der Waals surface area contributed by atoms with Crippen molar-refractivity contribution in [3.63, 3.8) is 0 Å². The zero-order valence-electron chi connectivity index (χ0n) is 20.4. The van der Waals surface area contributed by atoms with Gasteiger partial charge in [-0.1, -0.05) is 30.7 Å². The van der Waals surface area contributed by atoms with Crippen LogP contribution in [-0.2, 0) is 23.0 Å². The Balaban J connectivity index is 1.39. The Hall–Kier alpha value is -1.89. The highest BCUT2D eigenvalue weighted by atomic mass is 32.2. The minimum absolute atomic E-state index is 0.0376. The Labute approximate surface area is 203 Å². The van der Waals surface area contributed by atoms with Crippen molar-refractivity contribution in [1.82, 2.24) is 0 Å². The van der Waals surface area contributed by atoms with Crippen molar-refractivity contribution in [1.29, 1.82) is 0 Å². The van der Waals surface area contributed by atoms with Crippen molar-refractivity contribution >= 4 is 10.1 Å². The lowest BCUT2D eigenvalue weighted by atomic mass is 9.53. The summed E-state index contributed by atoms with van der Waals surface area (Å²) >= 11 is 0. The predicted octanol–water partition coefficient (Wildman–Crippen LogP) is 5.47. The molecule has 0 aliphatic heterocycles. The molecule has 5 rings (SSSR count). The lowest BCUT2D eigenvalue weighted by Crippen LogP contribution is -2.51. The number of benzene rings is 2. The molecule has 0 bridgehead atoms. The first kappa shape index (κ1) is 23.8. The predicted molar refractivity (Wildman–Crippen MR) is 132 cm³/mol. The molecule has 5 nitrogen and oxygen atoms in total. The van der Waals surface area contributed by atoms with Crippen molar-refractivity contribution < 1.29 is 22.8 Å². The van der Waals surface area contributed by atoms with Crippen molar-refractivity contribution in [2.75, 3.05) is 7.11 Å². The molecule has 34 heavy (non-hydrogen) atoms. The van der Waals surface area contributed by atoms with Gasteiger partial charge in [0.15, 0.2) is 0 Å². The molecule has 2 saturated carbocycles. The molecule has 0 saturated heterocycles. The minimum atomic E-state index is -4.29. The molecule has 0 radical (unpaired) electrons. The molecule has 2 fully saturated rings. The van der Waals surface area contributed by atoms with Gasteiger partial charge in [-0.2, -0.15) is 8.42 Å². The topological polar surface area (TPSA) is 83.8 Å². The summed E-state index contributed by atoms with van der Waals surface area (Å²) in [7, 11) is -2.58. The van der Waals surface area contributed by atoms with Crippen LogP contribution in [0.3, 0.4) is 0 Å². The van der Waals surface area contributed by atoms with Crippen LogP contribution in [0.2, 0.25) is 0 Å². The first-order valence-electron chi connectivity index (χ1n) is 12.5. The fourth-order valence-electron chi connectivity index (χ4n) is 7.70. The van der Waals surface area contributed by atoms with Crippen LogP contribution in [0.25, 0.3) is 0 Å². The maximum absolute atomic E-state index is 12.0. The molecule has 3 aliphatic rings. The van der Waals surface area contributed by atoms with Crippen molar-refractivity contribution in [2.24, 2.45) is 17.3 Å². The van der Waals surface area contributed by atoms with E-state index in [0.29, 0.717) is 36.2 Å². The van der Waals surface area contributed by atoms with Crippen LogP contribution in [0.4, 0.5) is 0 Å². The minimum Gasteiger partial charge on any atom is -0.497 e. The van der Waals surface area contributed by atoms with Gasteiger partial charge in [-0.25, -0.2) is 0 Å². The van der Waals surface area contributed by atoms with Gasteiger partial charge in [0.1, 0.15) is 5.75 Å². The van der Waals surface area contributed by atoms with Crippen LogP contribution in [0.5, 0.6) is 5.75 Å². The monoisotopic (exact) mass is 484 g/mol. The molecule has 0 spiro atoms. The maximum Gasteiger partial charge on any atom is 0.294 e. The van der Waals surface area contributed by atoms with E-state index in [1.165, 1.54) is 17.2 Å². The Morgan fingerprint density at radius 2 is 1.88 bits per heavy atom. The summed E-state index contributed by atoms with van der Waals surface area (Å²) in [5, 5.41) is 12.0. The Morgan fingerprint density at radius 1 is 1.09 bits per heavy atom. The van der Waals surface area contributed by atoms with E-state index in [1.54, 1.807) is 13.2 Å². The largest absolute Gasteiger partial charge is 0.497 e. The van der Waals surface area contributed by atoms with Gasteiger partial charge < -0.3 is 9.84 Å². The third-order valence-electron chi connectivity index (χ3n) is 9.56. The van der Waals surface area contributed by atoms with Crippen LogP contribution < -0.4 is 4.74 Å². The smallest absolute Gasteiger partial charge is 0.294 e. The van der Waals surface area contributed by atoms with Crippen LogP contribution in [0.15, 0.2) is 41.3 Å². The SMILES string of the molecule is COc1ccc2c(c1)CC[C@@H]1[C@@H]2CC[C@@]2(C)[C@H]1CC[C@@]2(O)CCc1cc(C)ccc1S(=O)(=O)O. The van der Waals surface area contributed by atoms with Crippen LogP contribution in [-0.4, -0.2) is 30.8 Å². The molecule has 6 heteroatoms. The van der Waals surface area contributed by atoms with Gasteiger partial charge in [-0.05, 0) is 116 Å². The third kappa shape index (κ3) is 3.78. The number of aryl methyl sites for hydroxylation is 3. The zero-order chi connectivity index (χ0) is 24.3. The number of methoxy groups -OCH3 is 1. The fourth-order valence-corrected chi connectivity index (χ4v) is 8.44. The van der Waals surface area contributed by atoms with Gasteiger partial charge in [0.05, 0.1) is 17.6 Å². The highest BCUT2D eigenvalue weighted by Crippen LogP contribution is 2.65. The van der Waals surface area contributed by atoms with Crippen LogP contribution >= 0.6 is 0 Å². The average Bonchev–Trinajstić information content (AvgIpc) is 3.07. The fraction of sp³-hybridized carbons (Fsp3) is 0.571. The number of ether oxygens (including phenoxy) is 1. The summed E-state index contributed by atoms with van der Waals surface area (Å²) < 4.78 is 39.0. The second kappa shape index (κ2) is 8.35. The summed E-state index contributed by atoms with van der Waals surface area (Å²) in [5.74, 6) is 2.50. The summed E-state index contributed by atoms with van der Waals surface area (Å²) in [4.78, 5) is -0.0376. The number of aliphatic hydroxyl groups is 1. The Morgan fingerprint density at radius 3 is 2.62 bits per heavy atom. The van der Waals surface area contributed by atoms with Crippen LogP contribution in [0, 0.1) is 24.2 Å². The van der Waals surface area contributed by atoms with Gasteiger partial charge in [0, 0.05) is 0 Å². The quantitative estimate of drug-likeness (QED) is 0.550. The van der Waals surface area contributed by atoms with E-state index < -0.39 is 15.7 Å². The number of hydrogen-bond acceptors (Lipinski definition) is 4. The lowest BCUT2D eigenvalue weighted by molar-refractivity contribution is -0.107. The molecule has 2 aromatic carbocycles. The molecule has 0 aromatic heterocycles. The standard InChI is InChI=1S/C28H36O5S/c1-18-4-9-26(34(30,31)32)20(16-18)10-14-28(29)15-12-25-24-7-5-19-17-21(33-3)6-8-22(19)23(24)11-13-27(25,28)2/h4,6,8-9,16-17,23-25,29H,5,7,10-15H2,1-3H3,(H,30,31,32)/t23-,24-,25+,27+,28+/m1/s1. The van der Waals surface area contributed by atoms with E-state index in [1.807, 2.05) is 13.0 Å². The van der Waals surface area contributed by atoms with E-state index in [2.05, 4.69) is 25.1 Å². The summed E-state index contributed by atoms with van der Waals surface area (Å²) in [5.41, 5.74) is 3.41. The average molecular weight is 485 g/mol. The Kier molecular flexibility index (Phi) is 5.85. The van der Waals surface area contributed by atoms with E-state index >= 15 is 0 Å². The molecule has 0 amide bonds. The van der Waals surface area contributed by atoms with Crippen molar-refractivity contribution in [2.45, 2.75) is 81.6 Å². The third-order valence-corrected chi connectivity index (χ3v) is 10.5. The molecule has 2 N–H and O–H groups in total. The summed E-state index contributed by atoms with van der Waals surface area (Å²) in [6.07, 6.45) is 6.95. The van der Waals surface area contributed by atoms with Gasteiger partial charge in [-0.15, -0.1) is 0 Å². The van der Waals surface area contributed by atoms with Gasteiger partial charge in [0.25, 0.3) is 10.1 Å². The molecule has 184 valence electrons. The summed E-state index contributed by atoms with van der Waals surface area (Å²) in [6.45, 7) is 4.18. The van der Waals surface area contributed by atoms with Gasteiger partial charge in [-0.3, -0.25) is 4.55 Å². The first-order chi connectivity index (χ1) is 16.1. The van der Waals surface area contributed by atoms with Crippen molar-refractivity contribution in [3.05, 3.63) is 58.7 Å². The molecule has 0 heterocycles. The highest BCUT2D eigenvalue weighted by Gasteiger charge is 2.61. The number of fused-ring (bicyclic) bond motifs is 5. The van der Waals surface area contributed by atoms with E-state index in [4.69, 9.17) is 4.74 Å². The maximum atomic E-state index is 12.0. The first-order valence-corrected chi connectivity index (χ1v) is 14.0. The zero-order valence-corrected chi connectivity index (χ0v) is 21.2. The molecule has 2 aromatic rings. The Bertz CT molecular complexity index is 1210. The van der Waals surface area contributed by atoms with Gasteiger partial charge in [0.2, 0.25) is 0 Å².